The SMILES string of the molecule is CCNC(=NCCCc1cn[nH]c1C)NC(C)C. The van der Waals surface area contributed by atoms with Gasteiger partial charge in [0, 0.05) is 24.8 Å². The van der Waals surface area contributed by atoms with Crippen LogP contribution in [0.25, 0.3) is 0 Å². The van der Waals surface area contributed by atoms with Gasteiger partial charge in [0.15, 0.2) is 5.96 Å². The molecule has 5 heteroatoms. The summed E-state index contributed by atoms with van der Waals surface area (Å²) in [6, 6.07) is 0.402. The summed E-state index contributed by atoms with van der Waals surface area (Å²) in [5.41, 5.74) is 2.44. The molecule has 3 N–H and O–H groups in total. The molecule has 0 saturated carbocycles. The highest BCUT2D eigenvalue weighted by Crippen LogP contribution is 2.05. The fraction of sp³-hybridized carbons (Fsp3) is 0.692. The average Bonchev–Trinajstić information content (AvgIpc) is 2.70. The predicted molar refractivity (Wildman–Crippen MR) is 75.9 cm³/mol. The van der Waals surface area contributed by atoms with Crippen LogP contribution in [-0.4, -0.2) is 35.3 Å². The van der Waals surface area contributed by atoms with E-state index in [0.29, 0.717) is 6.04 Å². The molecular formula is C13H25N5. The monoisotopic (exact) mass is 251 g/mol. The molecule has 0 fully saturated rings. The van der Waals surface area contributed by atoms with Crippen molar-refractivity contribution in [1.29, 1.82) is 0 Å². The minimum absolute atomic E-state index is 0.402. The topological polar surface area (TPSA) is 65.1 Å². The maximum atomic E-state index is 4.55. The van der Waals surface area contributed by atoms with E-state index in [1.165, 1.54) is 5.56 Å². The molecule has 0 radical (unpaired) electrons. The van der Waals surface area contributed by atoms with Crippen LogP contribution in [-0.2, 0) is 6.42 Å². The van der Waals surface area contributed by atoms with Crippen molar-refractivity contribution in [2.24, 2.45) is 4.99 Å². The van der Waals surface area contributed by atoms with E-state index in [-0.39, 0.29) is 0 Å². The number of hydrogen-bond donors (Lipinski definition) is 3. The van der Waals surface area contributed by atoms with Crippen LogP contribution in [0.1, 0.15) is 38.4 Å². The second-order valence-electron chi connectivity index (χ2n) is 4.68. The van der Waals surface area contributed by atoms with E-state index in [0.717, 1.165) is 37.6 Å². The average molecular weight is 251 g/mol. The minimum Gasteiger partial charge on any atom is -0.357 e. The van der Waals surface area contributed by atoms with Gasteiger partial charge < -0.3 is 10.6 Å². The first-order chi connectivity index (χ1) is 8.63. The summed E-state index contributed by atoms with van der Waals surface area (Å²) < 4.78 is 0. The first-order valence-corrected chi connectivity index (χ1v) is 6.67. The van der Waals surface area contributed by atoms with Crippen molar-refractivity contribution in [3.8, 4) is 0 Å². The third-order valence-electron chi connectivity index (χ3n) is 2.58. The number of aliphatic imine (C=N–C) groups is 1. The van der Waals surface area contributed by atoms with Crippen molar-refractivity contribution in [3.05, 3.63) is 17.5 Å². The van der Waals surface area contributed by atoms with E-state index >= 15 is 0 Å². The molecule has 1 heterocycles. The second kappa shape index (κ2) is 7.74. The molecule has 0 bridgehead atoms. The molecule has 0 spiro atoms. The lowest BCUT2D eigenvalue weighted by atomic mass is 10.1. The Morgan fingerprint density at radius 2 is 2.28 bits per heavy atom. The molecule has 5 nitrogen and oxygen atoms in total. The zero-order valence-electron chi connectivity index (χ0n) is 11.9. The van der Waals surface area contributed by atoms with Crippen molar-refractivity contribution in [1.82, 2.24) is 20.8 Å². The van der Waals surface area contributed by atoms with E-state index < -0.39 is 0 Å². The van der Waals surface area contributed by atoms with E-state index in [4.69, 9.17) is 0 Å². The number of aryl methyl sites for hydroxylation is 2. The predicted octanol–water partition coefficient (Wildman–Crippen LogP) is 1.61. The Kier molecular flexibility index (Phi) is 6.25. The van der Waals surface area contributed by atoms with Crippen LogP contribution < -0.4 is 10.6 Å². The zero-order chi connectivity index (χ0) is 13.4. The van der Waals surface area contributed by atoms with Crippen molar-refractivity contribution in [3.63, 3.8) is 0 Å². The largest absolute Gasteiger partial charge is 0.357 e. The van der Waals surface area contributed by atoms with Gasteiger partial charge in [0.05, 0.1) is 6.20 Å². The maximum absolute atomic E-state index is 4.55. The molecule has 0 unspecified atom stereocenters. The molecule has 1 aromatic rings. The molecular weight excluding hydrogens is 226 g/mol. The van der Waals surface area contributed by atoms with E-state index in [1.54, 1.807) is 0 Å². The second-order valence-corrected chi connectivity index (χ2v) is 4.68. The molecule has 0 saturated heterocycles. The quantitative estimate of drug-likeness (QED) is 0.409. The van der Waals surface area contributed by atoms with E-state index in [9.17, 15) is 0 Å². The number of guanidine groups is 1. The Morgan fingerprint density at radius 3 is 2.83 bits per heavy atom. The molecule has 0 aliphatic carbocycles. The van der Waals surface area contributed by atoms with Gasteiger partial charge in [-0.25, -0.2) is 0 Å². The maximum Gasteiger partial charge on any atom is 0.191 e. The van der Waals surface area contributed by atoms with Crippen molar-refractivity contribution in [2.75, 3.05) is 13.1 Å². The fourth-order valence-electron chi connectivity index (χ4n) is 1.68. The minimum atomic E-state index is 0.402. The van der Waals surface area contributed by atoms with Crippen molar-refractivity contribution in [2.45, 2.75) is 46.6 Å². The molecule has 1 aromatic heterocycles. The van der Waals surface area contributed by atoms with Crippen LogP contribution in [0.4, 0.5) is 0 Å². The fourth-order valence-corrected chi connectivity index (χ4v) is 1.68. The van der Waals surface area contributed by atoms with Gasteiger partial charge in [-0.15, -0.1) is 0 Å². The lowest BCUT2D eigenvalue weighted by Gasteiger charge is -2.13. The lowest BCUT2D eigenvalue weighted by molar-refractivity contribution is 0.696. The van der Waals surface area contributed by atoms with Crippen LogP contribution in [0.15, 0.2) is 11.2 Å². The highest BCUT2D eigenvalue weighted by atomic mass is 15.2. The molecule has 0 atom stereocenters. The Morgan fingerprint density at radius 1 is 1.50 bits per heavy atom. The summed E-state index contributed by atoms with van der Waals surface area (Å²) in [5, 5.41) is 13.5. The molecule has 102 valence electrons. The van der Waals surface area contributed by atoms with Crippen LogP contribution in [0.2, 0.25) is 0 Å². The summed E-state index contributed by atoms with van der Waals surface area (Å²) in [6.45, 7) is 10.1. The normalized spacial score (nSPS) is 11.9. The Hall–Kier alpha value is -1.52. The Bertz CT molecular complexity index is 367. The third kappa shape index (κ3) is 5.21. The highest BCUT2D eigenvalue weighted by molar-refractivity contribution is 5.79. The third-order valence-corrected chi connectivity index (χ3v) is 2.58. The summed E-state index contributed by atoms with van der Waals surface area (Å²) in [5.74, 6) is 0.899. The summed E-state index contributed by atoms with van der Waals surface area (Å²) in [4.78, 5) is 4.55. The Balaban J connectivity index is 2.34. The van der Waals surface area contributed by atoms with Crippen LogP contribution >= 0.6 is 0 Å². The number of aromatic nitrogens is 2. The number of aromatic amines is 1. The number of nitrogens with one attached hydrogen (secondary N) is 3. The number of rotatable bonds is 6. The van der Waals surface area contributed by atoms with Gasteiger partial charge in [-0.2, -0.15) is 5.10 Å². The number of H-pyrrole nitrogens is 1. The zero-order valence-corrected chi connectivity index (χ0v) is 11.9. The molecule has 0 amide bonds. The van der Waals surface area contributed by atoms with E-state index in [2.05, 4.69) is 53.5 Å². The molecule has 18 heavy (non-hydrogen) atoms. The van der Waals surface area contributed by atoms with Crippen molar-refractivity contribution < 1.29 is 0 Å². The lowest BCUT2D eigenvalue weighted by Crippen LogP contribution is -2.41. The van der Waals surface area contributed by atoms with Crippen molar-refractivity contribution >= 4 is 5.96 Å². The first-order valence-electron chi connectivity index (χ1n) is 6.67. The molecule has 0 aliphatic heterocycles. The number of hydrogen-bond acceptors (Lipinski definition) is 2. The van der Waals surface area contributed by atoms with Gasteiger partial charge in [0.25, 0.3) is 0 Å². The van der Waals surface area contributed by atoms with Gasteiger partial charge in [0.2, 0.25) is 0 Å². The van der Waals surface area contributed by atoms with Gasteiger partial charge in [-0.05, 0) is 46.1 Å². The first kappa shape index (κ1) is 14.5. The highest BCUT2D eigenvalue weighted by Gasteiger charge is 2.01. The van der Waals surface area contributed by atoms with Gasteiger partial charge >= 0.3 is 0 Å². The van der Waals surface area contributed by atoms with Crippen LogP contribution in [0.5, 0.6) is 0 Å². The number of nitrogens with zero attached hydrogens (tertiary/aromatic N) is 2. The van der Waals surface area contributed by atoms with E-state index in [1.807, 2.05) is 6.20 Å². The summed E-state index contributed by atoms with van der Waals surface area (Å²) in [6.07, 6.45) is 3.96. The molecule has 1 rings (SSSR count). The standard InChI is InChI=1S/C13H25N5/c1-5-14-13(17-10(2)3)15-8-6-7-12-9-16-18-11(12)4/h9-10H,5-8H2,1-4H3,(H,16,18)(H2,14,15,17). The van der Waals surface area contributed by atoms with Gasteiger partial charge in [-0.3, -0.25) is 10.1 Å². The Labute approximate surface area is 109 Å². The summed E-state index contributed by atoms with van der Waals surface area (Å²) in [7, 11) is 0. The van der Waals surface area contributed by atoms with Crippen LogP contribution in [0.3, 0.4) is 0 Å². The smallest absolute Gasteiger partial charge is 0.191 e. The molecule has 0 aliphatic rings. The van der Waals surface area contributed by atoms with Gasteiger partial charge in [-0.1, -0.05) is 0 Å². The molecule has 0 aromatic carbocycles. The summed E-state index contributed by atoms with van der Waals surface area (Å²) >= 11 is 0. The van der Waals surface area contributed by atoms with Gasteiger partial charge in [0.1, 0.15) is 0 Å². The van der Waals surface area contributed by atoms with Crippen LogP contribution in [0, 0.1) is 6.92 Å².